The van der Waals surface area contributed by atoms with E-state index in [4.69, 9.17) is 4.74 Å². The minimum absolute atomic E-state index is 0.163. The van der Waals surface area contributed by atoms with E-state index in [0.29, 0.717) is 45.9 Å². The van der Waals surface area contributed by atoms with Crippen LogP contribution < -0.4 is 0 Å². The first-order valence-corrected chi connectivity index (χ1v) is 9.66. The van der Waals surface area contributed by atoms with E-state index < -0.39 is 0 Å². The van der Waals surface area contributed by atoms with Gasteiger partial charge >= 0.3 is 6.09 Å². The van der Waals surface area contributed by atoms with E-state index in [-0.39, 0.29) is 12.0 Å². The summed E-state index contributed by atoms with van der Waals surface area (Å²) in [6.07, 6.45) is 0.609. The minimum Gasteiger partial charge on any atom is -0.450 e. The monoisotopic (exact) mass is 370 g/mol. The van der Waals surface area contributed by atoms with Crippen LogP contribution in [0.2, 0.25) is 0 Å². The molecule has 1 fully saturated rings. The van der Waals surface area contributed by atoms with Crippen molar-refractivity contribution in [3.05, 3.63) is 35.5 Å². The highest BCUT2D eigenvalue weighted by molar-refractivity contribution is 5.86. The average molecular weight is 370 g/mol. The van der Waals surface area contributed by atoms with Crippen LogP contribution in [0, 0.1) is 0 Å². The third-order valence-corrected chi connectivity index (χ3v) is 5.49. The number of hydrogen-bond donors (Lipinski definition) is 1. The molecule has 2 amide bonds. The summed E-state index contributed by atoms with van der Waals surface area (Å²) < 4.78 is 5.04. The Hall–Kier alpha value is -2.54. The molecular formula is C20H26N4O3. The second-order valence-electron chi connectivity index (χ2n) is 7.16. The van der Waals surface area contributed by atoms with E-state index in [1.165, 1.54) is 16.6 Å². The topological polar surface area (TPSA) is 68.9 Å². The summed E-state index contributed by atoms with van der Waals surface area (Å²) in [5, 5.41) is 1.22. The molecule has 2 aromatic rings. The standard InChI is InChI=1S/C20H26N4O3/c1-2-27-20(26)23-11-9-22(10-12-23)14-19(25)24-8-7-18-16(13-24)15-5-3-4-6-17(15)21-18/h3-6,21H,2,7-14H2,1H3. The molecule has 2 aliphatic rings. The summed E-state index contributed by atoms with van der Waals surface area (Å²) in [5.74, 6) is 0.163. The molecule has 0 atom stereocenters. The van der Waals surface area contributed by atoms with Crippen molar-refractivity contribution in [2.45, 2.75) is 19.9 Å². The fourth-order valence-corrected chi connectivity index (χ4v) is 3.97. The molecule has 7 nitrogen and oxygen atoms in total. The molecule has 0 aliphatic carbocycles. The molecule has 0 unspecified atom stereocenters. The van der Waals surface area contributed by atoms with Crippen LogP contribution in [0.15, 0.2) is 24.3 Å². The molecule has 1 aromatic heterocycles. The van der Waals surface area contributed by atoms with Gasteiger partial charge in [-0.2, -0.15) is 0 Å². The van der Waals surface area contributed by atoms with Crippen molar-refractivity contribution in [2.24, 2.45) is 0 Å². The molecule has 1 saturated heterocycles. The smallest absolute Gasteiger partial charge is 0.409 e. The molecule has 1 N–H and O–H groups in total. The maximum Gasteiger partial charge on any atom is 0.409 e. The number of nitrogens with zero attached hydrogens (tertiary/aromatic N) is 3. The van der Waals surface area contributed by atoms with E-state index in [0.717, 1.165) is 18.5 Å². The Morgan fingerprint density at radius 3 is 2.63 bits per heavy atom. The van der Waals surface area contributed by atoms with Crippen molar-refractivity contribution in [1.29, 1.82) is 0 Å². The van der Waals surface area contributed by atoms with Crippen molar-refractivity contribution in [3.63, 3.8) is 0 Å². The third-order valence-electron chi connectivity index (χ3n) is 5.49. The van der Waals surface area contributed by atoms with Gasteiger partial charge in [-0.05, 0) is 13.0 Å². The lowest BCUT2D eigenvalue weighted by Gasteiger charge is -2.35. The van der Waals surface area contributed by atoms with Gasteiger partial charge < -0.3 is 19.5 Å². The van der Waals surface area contributed by atoms with Crippen LogP contribution in [0.25, 0.3) is 10.9 Å². The number of aromatic nitrogens is 1. The summed E-state index contributed by atoms with van der Waals surface area (Å²) in [6.45, 7) is 6.66. The number of rotatable bonds is 3. The highest BCUT2D eigenvalue weighted by Gasteiger charge is 2.27. The SMILES string of the molecule is CCOC(=O)N1CCN(CC(=O)N2CCc3[nH]c4ccccc4c3C2)CC1. The molecule has 2 aliphatic heterocycles. The van der Waals surface area contributed by atoms with Gasteiger partial charge in [0.15, 0.2) is 0 Å². The molecule has 7 heteroatoms. The number of nitrogens with one attached hydrogen (secondary N) is 1. The average Bonchev–Trinajstić information content (AvgIpc) is 3.06. The van der Waals surface area contributed by atoms with Gasteiger partial charge in [0.2, 0.25) is 5.91 Å². The van der Waals surface area contributed by atoms with Crippen molar-refractivity contribution in [3.8, 4) is 0 Å². The molecule has 0 spiro atoms. The molecule has 0 bridgehead atoms. The first kappa shape index (κ1) is 17.9. The highest BCUT2D eigenvalue weighted by Crippen LogP contribution is 2.27. The molecule has 1 aromatic carbocycles. The number of piperazine rings is 1. The Bertz CT molecular complexity index is 839. The maximum atomic E-state index is 12.8. The zero-order valence-corrected chi connectivity index (χ0v) is 15.7. The fraction of sp³-hybridized carbons (Fsp3) is 0.500. The van der Waals surface area contributed by atoms with Crippen LogP contribution in [0.1, 0.15) is 18.2 Å². The quantitative estimate of drug-likeness (QED) is 0.895. The minimum atomic E-state index is -0.258. The molecule has 3 heterocycles. The number of benzene rings is 1. The Labute approximate surface area is 158 Å². The van der Waals surface area contributed by atoms with E-state index in [1.54, 1.807) is 4.90 Å². The number of ether oxygens (including phenoxy) is 1. The van der Waals surface area contributed by atoms with Crippen LogP contribution in [0.5, 0.6) is 0 Å². The summed E-state index contributed by atoms with van der Waals surface area (Å²) in [5.41, 5.74) is 3.65. The summed E-state index contributed by atoms with van der Waals surface area (Å²) in [4.78, 5) is 33.9. The summed E-state index contributed by atoms with van der Waals surface area (Å²) >= 11 is 0. The molecule has 0 radical (unpaired) electrons. The van der Waals surface area contributed by atoms with Crippen molar-refractivity contribution in [2.75, 3.05) is 45.9 Å². The number of fused-ring (bicyclic) bond motifs is 3. The second kappa shape index (κ2) is 7.60. The van der Waals surface area contributed by atoms with Gasteiger partial charge in [-0.15, -0.1) is 0 Å². The lowest BCUT2D eigenvalue weighted by molar-refractivity contribution is -0.133. The lowest BCUT2D eigenvalue weighted by atomic mass is 10.0. The van der Waals surface area contributed by atoms with Crippen molar-refractivity contribution < 1.29 is 14.3 Å². The Balaban J connectivity index is 1.34. The number of aromatic amines is 1. The van der Waals surface area contributed by atoms with E-state index in [2.05, 4.69) is 22.0 Å². The molecule has 0 saturated carbocycles. The summed E-state index contributed by atoms with van der Waals surface area (Å²) in [7, 11) is 0. The van der Waals surface area contributed by atoms with Crippen LogP contribution in [0.4, 0.5) is 4.79 Å². The normalized spacial score (nSPS) is 17.8. The predicted molar refractivity (Wildman–Crippen MR) is 102 cm³/mol. The summed E-state index contributed by atoms with van der Waals surface area (Å²) in [6, 6.07) is 8.28. The van der Waals surface area contributed by atoms with E-state index in [9.17, 15) is 9.59 Å². The first-order valence-electron chi connectivity index (χ1n) is 9.66. The Kier molecular flexibility index (Phi) is 5.03. The third kappa shape index (κ3) is 3.64. The van der Waals surface area contributed by atoms with Crippen LogP contribution in [-0.2, 0) is 22.5 Å². The van der Waals surface area contributed by atoms with Crippen LogP contribution in [0.3, 0.4) is 0 Å². The number of para-hydroxylation sites is 1. The van der Waals surface area contributed by atoms with Crippen LogP contribution >= 0.6 is 0 Å². The lowest BCUT2D eigenvalue weighted by Crippen LogP contribution is -2.52. The van der Waals surface area contributed by atoms with Gasteiger partial charge in [0.25, 0.3) is 0 Å². The van der Waals surface area contributed by atoms with Gasteiger partial charge in [-0.3, -0.25) is 9.69 Å². The number of amides is 2. The Morgan fingerprint density at radius 1 is 1.07 bits per heavy atom. The number of H-pyrrole nitrogens is 1. The first-order chi connectivity index (χ1) is 13.2. The van der Waals surface area contributed by atoms with Gasteiger partial charge in [0.1, 0.15) is 0 Å². The largest absolute Gasteiger partial charge is 0.450 e. The zero-order valence-electron chi connectivity index (χ0n) is 15.7. The van der Waals surface area contributed by atoms with Gasteiger partial charge in [-0.25, -0.2) is 4.79 Å². The molecule has 144 valence electrons. The van der Waals surface area contributed by atoms with Gasteiger partial charge in [0, 0.05) is 67.8 Å². The number of hydrogen-bond acceptors (Lipinski definition) is 4. The Morgan fingerprint density at radius 2 is 1.85 bits per heavy atom. The predicted octanol–water partition coefficient (Wildman–Crippen LogP) is 1.83. The number of carbonyl (C=O) groups excluding carboxylic acids is 2. The zero-order chi connectivity index (χ0) is 18.8. The van der Waals surface area contributed by atoms with E-state index in [1.807, 2.05) is 24.0 Å². The van der Waals surface area contributed by atoms with Gasteiger partial charge in [0.05, 0.1) is 13.2 Å². The molecule has 27 heavy (non-hydrogen) atoms. The van der Waals surface area contributed by atoms with Crippen molar-refractivity contribution in [1.82, 2.24) is 19.7 Å². The highest BCUT2D eigenvalue weighted by atomic mass is 16.6. The molecule has 4 rings (SSSR count). The van der Waals surface area contributed by atoms with Crippen LogP contribution in [-0.4, -0.2) is 77.6 Å². The van der Waals surface area contributed by atoms with Crippen molar-refractivity contribution >= 4 is 22.9 Å². The molecular weight excluding hydrogens is 344 g/mol. The van der Waals surface area contributed by atoms with E-state index >= 15 is 0 Å². The second-order valence-corrected chi connectivity index (χ2v) is 7.16. The number of carbonyl (C=O) groups is 2. The van der Waals surface area contributed by atoms with Gasteiger partial charge in [-0.1, -0.05) is 18.2 Å². The fourth-order valence-electron chi connectivity index (χ4n) is 3.97. The maximum absolute atomic E-state index is 12.8.